The van der Waals surface area contributed by atoms with E-state index in [1.807, 2.05) is 20.8 Å². The molecule has 35 heavy (non-hydrogen) atoms. The lowest BCUT2D eigenvalue weighted by Gasteiger charge is -2.18. The summed E-state index contributed by atoms with van der Waals surface area (Å²) >= 11 is 4.31. The molecule has 0 unspecified atom stereocenters. The first-order valence-corrected chi connectivity index (χ1v) is 12.7. The molecule has 1 aliphatic heterocycles. The van der Waals surface area contributed by atoms with Crippen LogP contribution in [0.2, 0.25) is 0 Å². The van der Waals surface area contributed by atoms with Gasteiger partial charge in [-0.2, -0.15) is 0 Å². The largest absolute Gasteiger partial charge is 0.497 e. The van der Waals surface area contributed by atoms with Crippen LogP contribution in [0.1, 0.15) is 32.8 Å². The number of rotatable bonds is 10. The summed E-state index contributed by atoms with van der Waals surface area (Å²) in [7, 11) is 1.55. The maximum atomic E-state index is 12.9. The Balaban J connectivity index is 1.75. The second-order valence-corrected chi connectivity index (χ2v) is 9.49. The molecule has 186 valence electrons. The highest BCUT2D eigenvalue weighted by Gasteiger charge is 2.36. The van der Waals surface area contributed by atoms with E-state index >= 15 is 0 Å². The lowest BCUT2D eigenvalue weighted by molar-refractivity contribution is -0.127. The highest BCUT2D eigenvalue weighted by molar-refractivity contribution is 9.10. The molecule has 0 aliphatic carbocycles. The molecule has 1 fully saturated rings. The second-order valence-electron chi connectivity index (χ2n) is 7.64. The van der Waals surface area contributed by atoms with Gasteiger partial charge in [-0.05, 0) is 96.0 Å². The topological polar surface area (TPSA) is 94.2 Å². The molecule has 1 saturated heterocycles. The minimum atomic E-state index is -0.529. The number of hydrogen-bond donors (Lipinski definition) is 1. The number of thioether (sulfide) groups is 1. The van der Waals surface area contributed by atoms with Crippen molar-refractivity contribution >= 4 is 56.5 Å². The molecule has 8 nitrogen and oxygen atoms in total. The van der Waals surface area contributed by atoms with Crippen molar-refractivity contribution < 1.29 is 28.6 Å². The van der Waals surface area contributed by atoms with E-state index in [9.17, 15) is 14.4 Å². The molecule has 0 aromatic heterocycles. The Morgan fingerprint density at radius 2 is 1.91 bits per heavy atom. The molecule has 1 atom stereocenters. The van der Waals surface area contributed by atoms with E-state index in [0.717, 1.165) is 23.1 Å². The maximum Gasteiger partial charge on any atom is 0.294 e. The third-order valence-corrected chi connectivity index (χ3v) is 6.57. The van der Waals surface area contributed by atoms with Gasteiger partial charge in [-0.15, -0.1) is 0 Å². The molecule has 0 bridgehead atoms. The normalized spacial score (nSPS) is 15.3. The molecule has 1 aliphatic rings. The van der Waals surface area contributed by atoms with E-state index in [0.29, 0.717) is 39.6 Å². The van der Waals surface area contributed by atoms with Gasteiger partial charge in [-0.1, -0.05) is 6.92 Å². The predicted molar refractivity (Wildman–Crippen MR) is 140 cm³/mol. The maximum absolute atomic E-state index is 12.9. The Labute approximate surface area is 217 Å². The number of carbonyl (C=O) groups excluding carboxylic acids is 3. The fraction of sp³-hybridized carbons (Fsp3) is 0.320. The third kappa shape index (κ3) is 6.79. The lowest BCUT2D eigenvalue weighted by Crippen LogP contribution is -2.36. The van der Waals surface area contributed by atoms with Gasteiger partial charge in [0.2, 0.25) is 5.91 Å². The van der Waals surface area contributed by atoms with Gasteiger partial charge in [0, 0.05) is 5.69 Å². The average Bonchev–Trinajstić information content (AvgIpc) is 3.09. The summed E-state index contributed by atoms with van der Waals surface area (Å²) < 4.78 is 17.5. The van der Waals surface area contributed by atoms with Gasteiger partial charge in [0.25, 0.3) is 11.1 Å². The Kier molecular flexibility index (Phi) is 9.22. The summed E-state index contributed by atoms with van der Waals surface area (Å²) in [4.78, 5) is 38.9. The van der Waals surface area contributed by atoms with Crippen molar-refractivity contribution in [2.45, 2.75) is 33.3 Å². The Morgan fingerprint density at radius 3 is 2.54 bits per heavy atom. The first-order valence-electron chi connectivity index (χ1n) is 11.1. The van der Waals surface area contributed by atoms with E-state index in [4.69, 9.17) is 14.2 Å². The monoisotopic (exact) mass is 562 g/mol. The molecule has 0 radical (unpaired) electrons. The molecule has 0 saturated carbocycles. The summed E-state index contributed by atoms with van der Waals surface area (Å²) in [6.45, 7) is 5.92. The number of nitrogens with one attached hydrogen (secondary N) is 1. The number of amides is 3. The van der Waals surface area contributed by atoms with E-state index in [1.165, 1.54) is 0 Å². The molecular formula is C25H27BrN2O6S. The van der Waals surface area contributed by atoms with Crippen molar-refractivity contribution in [2.24, 2.45) is 0 Å². The number of methoxy groups -OCH3 is 1. The van der Waals surface area contributed by atoms with E-state index < -0.39 is 17.1 Å². The Hall–Kier alpha value is -2.98. The Bertz CT molecular complexity index is 1140. The van der Waals surface area contributed by atoms with Gasteiger partial charge in [0.05, 0.1) is 29.2 Å². The van der Waals surface area contributed by atoms with Crippen LogP contribution < -0.4 is 19.5 Å². The Morgan fingerprint density at radius 1 is 1.20 bits per heavy atom. The summed E-state index contributed by atoms with van der Waals surface area (Å²) in [6.07, 6.45) is 2.43. The number of anilines is 1. The average molecular weight is 563 g/mol. The van der Waals surface area contributed by atoms with Crippen molar-refractivity contribution in [2.75, 3.05) is 25.6 Å². The summed E-state index contributed by atoms with van der Waals surface area (Å²) in [5.74, 6) is 0.761. The van der Waals surface area contributed by atoms with Crippen molar-refractivity contribution in [3.05, 3.63) is 51.3 Å². The number of halogens is 1. The molecular weight excluding hydrogens is 536 g/mol. The van der Waals surface area contributed by atoms with Crippen LogP contribution in [0.4, 0.5) is 10.5 Å². The first-order chi connectivity index (χ1) is 16.7. The van der Waals surface area contributed by atoms with Gasteiger partial charge < -0.3 is 19.5 Å². The smallest absolute Gasteiger partial charge is 0.294 e. The second kappa shape index (κ2) is 12.1. The zero-order valence-corrected chi connectivity index (χ0v) is 22.3. The zero-order chi connectivity index (χ0) is 25.5. The van der Waals surface area contributed by atoms with Crippen LogP contribution in [0.25, 0.3) is 6.08 Å². The minimum Gasteiger partial charge on any atom is -0.497 e. The van der Waals surface area contributed by atoms with Gasteiger partial charge >= 0.3 is 0 Å². The van der Waals surface area contributed by atoms with Crippen LogP contribution in [-0.2, 0) is 9.59 Å². The van der Waals surface area contributed by atoms with Crippen molar-refractivity contribution in [1.29, 1.82) is 0 Å². The molecule has 3 rings (SSSR count). The molecule has 1 heterocycles. The van der Waals surface area contributed by atoms with Crippen molar-refractivity contribution in [3.63, 3.8) is 0 Å². The number of nitrogens with zero attached hydrogens (tertiary/aromatic N) is 1. The number of imide groups is 1. The standard InChI is InChI=1S/C25H27BrN2O6S/c1-5-15(3)34-23-19(26)11-16(12-20(23)33-6-2)13-21-24(30)28(25(31)35-21)14-22(29)27-17-7-9-18(32-4)10-8-17/h7-13,15H,5-6,14H2,1-4H3,(H,27,29)/b21-13+/t15-/m0/s1. The highest BCUT2D eigenvalue weighted by atomic mass is 79.9. The quantitative estimate of drug-likeness (QED) is 0.370. The molecule has 1 N–H and O–H groups in total. The fourth-order valence-corrected chi connectivity index (χ4v) is 4.53. The van der Waals surface area contributed by atoms with Crippen LogP contribution in [0.5, 0.6) is 17.2 Å². The van der Waals surface area contributed by atoms with Gasteiger partial charge in [-0.3, -0.25) is 19.3 Å². The van der Waals surface area contributed by atoms with Crippen LogP contribution in [0, 0.1) is 0 Å². The first kappa shape index (κ1) is 26.6. The van der Waals surface area contributed by atoms with Crippen molar-refractivity contribution in [1.82, 2.24) is 4.90 Å². The zero-order valence-electron chi connectivity index (χ0n) is 19.9. The summed E-state index contributed by atoms with van der Waals surface area (Å²) in [5, 5.41) is 2.17. The molecule has 3 amide bonds. The molecule has 2 aromatic rings. The highest BCUT2D eigenvalue weighted by Crippen LogP contribution is 2.40. The minimum absolute atomic E-state index is 0.00285. The SMILES string of the molecule is CCOc1cc(/C=C2/SC(=O)N(CC(=O)Nc3ccc(OC)cc3)C2=O)cc(Br)c1O[C@@H](C)CC. The number of hydrogen-bond acceptors (Lipinski definition) is 7. The van der Waals surface area contributed by atoms with Crippen LogP contribution >= 0.6 is 27.7 Å². The van der Waals surface area contributed by atoms with E-state index in [1.54, 1.807) is 49.6 Å². The lowest BCUT2D eigenvalue weighted by atomic mass is 10.1. The molecule has 10 heteroatoms. The molecule has 2 aromatic carbocycles. The van der Waals surface area contributed by atoms with Crippen molar-refractivity contribution in [3.8, 4) is 17.2 Å². The van der Waals surface area contributed by atoms with Gasteiger partial charge in [0.15, 0.2) is 11.5 Å². The van der Waals surface area contributed by atoms with Gasteiger partial charge in [0.1, 0.15) is 12.3 Å². The number of carbonyl (C=O) groups is 3. The van der Waals surface area contributed by atoms with Crippen LogP contribution in [-0.4, -0.2) is 48.3 Å². The number of ether oxygens (including phenoxy) is 3. The fourth-order valence-electron chi connectivity index (χ4n) is 3.14. The number of benzene rings is 2. The van der Waals surface area contributed by atoms with Crippen LogP contribution in [0.3, 0.4) is 0 Å². The summed E-state index contributed by atoms with van der Waals surface area (Å²) in [5.41, 5.74) is 1.19. The van der Waals surface area contributed by atoms with E-state index in [-0.39, 0.29) is 17.6 Å². The third-order valence-electron chi connectivity index (χ3n) is 5.07. The van der Waals surface area contributed by atoms with E-state index in [2.05, 4.69) is 21.2 Å². The molecule has 0 spiro atoms. The summed E-state index contributed by atoms with van der Waals surface area (Å²) in [6, 6.07) is 10.3. The van der Waals surface area contributed by atoms with Gasteiger partial charge in [-0.25, -0.2) is 0 Å². The van der Waals surface area contributed by atoms with Crippen LogP contribution in [0.15, 0.2) is 45.8 Å². The predicted octanol–water partition coefficient (Wildman–Crippen LogP) is 5.71.